The second kappa shape index (κ2) is 7.71. The van der Waals surface area contributed by atoms with Crippen molar-refractivity contribution in [2.24, 2.45) is 5.92 Å². The van der Waals surface area contributed by atoms with E-state index in [0.29, 0.717) is 0 Å². The molecule has 4 nitrogen and oxygen atoms in total. The highest BCUT2D eigenvalue weighted by atomic mass is 32.1. The van der Waals surface area contributed by atoms with Crippen LogP contribution >= 0.6 is 20.5 Å². The van der Waals surface area contributed by atoms with E-state index in [1.165, 1.54) is 0 Å². The van der Waals surface area contributed by atoms with Crippen molar-refractivity contribution in [3.8, 4) is 0 Å². The molecule has 2 N–H and O–H groups in total. The number of rotatable bonds is 8. The largest absolute Gasteiger partial charge is 0.469 e. The van der Waals surface area contributed by atoms with E-state index in [9.17, 15) is 4.57 Å². The summed E-state index contributed by atoms with van der Waals surface area (Å²) < 4.78 is 14.9. The van der Waals surface area contributed by atoms with Gasteiger partial charge in [0.2, 0.25) is 0 Å². The maximum Gasteiger partial charge on any atom is 0.469 e. The lowest BCUT2D eigenvalue weighted by molar-refractivity contribution is 0.161. The van der Waals surface area contributed by atoms with Crippen molar-refractivity contribution in [3.05, 3.63) is 0 Å². The van der Waals surface area contributed by atoms with Crippen LogP contribution in [0.25, 0.3) is 0 Å². The predicted molar refractivity (Wildman–Crippen MR) is 59.5 cm³/mol. The predicted octanol–water partition coefficient (Wildman–Crippen LogP) is 2.22. The van der Waals surface area contributed by atoms with Crippen LogP contribution < -0.4 is 0 Å². The molecular formula is C8H19O4PS. The van der Waals surface area contributed by atoms with E-state index in [1.54, 1.807) is 0 Å². The summed E-state index contributed by atoms with van der Waals surface area (Å²) in [6.07, 6.45) is 3.89. The standard InChI is InChI=1S/C8H19O4PS/c1-2-8(5-3-4-6-14)7-12-13(9,10)11/h8,14H,2-7H2,1H3,(H2,9,10,11). The minimum Gasteiger partial charge on any atom is -0.303 e. The van der Waals surface area contributed by atoms with E-state index in [4.69, 9.17) is 9.79 Å². The van der Waals surface area contributed by atoms with Gasteiger partial charge in [-0.1, -0.05) is 19.8 Å². The molecule has 0 amide bonds. The lowest BCUT2D eigenvalue weighted by atomic mass is 10.0. The zero-order valence-electron chi connectivity index (χ0n) is 8.43. The molecule has 0 aliphatic carbocycles. The first-order valence-corrected chi connectivity index (χ1v) is 6.96. The molecule has 0 aromatic heterocycles. The van der Waals surface area contributed by atoms with Crippen molar-refractivity contribution >= 4 is 20.5 Å². The lowest BCUT2D eigenvalue weighted by Crippen LogP contribution is -2.07. The topological polar surface area (TPSA) is 66.8 Å². The smallest absolute Gasteiger partial charge is 0.303 e. The number of unbranched alkanes of at least 4 members (excludes halogenated alkanes) is 1. The van der Waals surface area contributed by atoms with E-state index < -0.39 is 7.82 Å². The molecule has 0 aromatic carbocycles. The zero-order valence-corrected chi connectivity index (χ0v) is 10.2. The number of hydrogen-bond donors (Lipinski definition) is 3. The quantitative estimate of drug-likeness (QED) is 0.347. The molecule has 0 aliphatic rings. The molecule has 0 rings (SSSR count). The first kappa shape index (κ1) is 14.5. The number of thiol groups is 1. The Morgan fingerprint density at radius 1 is 1.43 bits per heavy atom. The Labute approximate surface area is 90.7 Å². The molecule has 0 saturated heterocycles. The molecule has 0 saturated carbocycles. The minimum atomic E-state index is -4.29. The Bertz CT molecular complexity index is 182. The van der Waals surface area contributed by atoms with Crippen molar-refractivity contribution in [2.75, 3.05) is 12.4 Å². The highest BCUT2D eigenvalue weighted by molar-refractivity contribution is 7.80. The van der Waals surface area contributed by atoms with Gasteiger partial charge in [0.25, 0.3) is 0 Å². The van der Waals surface area contributed by atoms with Crippen LogP contribution in [0.5, 0.6) is 0 Å². The monoisotopic (exact) mass is 242 g/mol. The van der Waals surface area contributed by atoms with Crippen LogP contribution in [0.2, 0.25) is 0 Å². The minimum absolute atomic E-state index is 0.146. The maximum atomic E-state index is 10.4. The van der Waals surface area contributed by atoms with Gasteiger partial charge in [0.1, 0.15) is 0 Å². The second-order valence-corrected chi connectivity index (χ2v) is 4.97. The van der Waals surface area contributed by atoms with Gasteiger partial charge in [-0.25, -0.2) is 4.57 Å². The number of hydrogen-bond acceptors (Lipinski definition) is 3. The Morgan fingerprint density at radius 3 is 2.50 bits per heavy atom. The van der Waals surface area contributed by atoms with Crippen molar-refractivity contribution in [3.63, 3.8) is 0 Å². The van der Waals surface area contributed by atoms with Crippen LogP contribution in [0.15, 0.2) is 0 Å². The Kier molecular flexibility index (Phi) is 7.97. The summed E-state index contributed by atoms with van der Waals surface area (Å²) in [5.41, 5.74) is 0. The fraction of sp³-hybridized carbons (Fsp3) is 1.00. The maximum absolute atomic E-state index is 10.4. The van der Waals surface area contributed by atoms with Crippen molar-refractivity contribution < 1.29 is 18.9 Å². The fourth-order valence-corrected chi connectivity index (χ4v) is 1.78. The lowest BCUT2D eigenvalue weighted by Gasteiger charge is -2.14. The van der Waals surface area contributed by atoms with Crippen LogP contribution in [-0.2, 0) is 9.09 Å². The van der Waals surface area contributed by atoms with Crippen LogP contribution in [0.1, 0.15) is 32.6 Å². The summed E-state index contributed by atoms with van der Waals surface area (Å²) in [4.78, 5) is 17.0. The van der Waals surface area contributed by atoms with Gasteiger partial charge in [-0.15, -0.1) is 0 Å². The van der Waals surface area contributed by atoms with Crippen molar-refractivity contribution in [2.45, 2.75) is 32.6 Å². The molecule has 0 spiro atoms. The number of phosphoric ester groups is 1. The van der Waals surface area contributed by atoms with E-state index in [1.807, 2.05) is 6.92 Å². The Hall–Kier alpha value is 0.460. The second-order valence-electron chi connectivity index (χ2n) is 3.28. The van der Waals surface area contributed by atoms with Crippen molar-refractivity contribution in [1.29, 1.82) is 0 Å². The van der Waals surface area contributed by atoms with Gasteiger partial charge < -0.3 is 9.79 Å². The third-order valence-electron chi connectivity index (χ3n) is 2.08. The molecule has 0 aliphatic heterocycles. The van der Waals surface area contributed by atoms with Crippen LogP contribution in [0.3, 0.4) is 0 Å². The summed E-state index contributed by atoms with van der Waals surface area (Å²) in [7, 11) is -4.29. The van der Waals surface area contributed by atoms with E-state index in [2.05, 4.69) is 17.2 Å². The zero-order chi connectivity index (χ0) is 11.0. The molecule has 1 unspecified atom stereocenters. The molecule has 0 heterocycles. The Morgan fingerprint density at radius 2 is 2.07 bits per heavy atom. The summed E-state index contributed by atoms with van der Waals surface area (Å²) >= 11 is 4.09. The average Bonchev–Trinajstić information content (AvgIpc) is 2.09. The highest BCUT2D eigenvalue weighted by Crippen LogP contribution is 2.36. The van der Waals surface area contributed by atoms with E-state index in [0.717, 1.165) is 31.4 Å². The Balaban J connectivity index is 3.63. The van der Waals surface area contributed by atoms with Gasteiger partial charge >= 0.3 is 7.82 Å². The molecule has 0 bridgehead atoms. The molecule has 1 atom stereocenters. The summed E-state index contributed by atoms with van der Waals surface area (Å²) in [6.45, 7) is 2.14. The molecule has 14 heavy (non-hydrogen) atoms. The van der Waals surface area contributed by atoms with Gasteiger partial charge in [0, 0.05) is 0 Å². The molecule has 0 radical (unpaired) electrons. The average molecular weight is 242 g/mol. The third-order valence-corrected chi connectivity index (χ3v) is 2.88. The fourth-order valence-electron chi connectivity index (χ4n) is 1.15. The first-order valence-electron chi connectivity index (χ1n) is 4.80. The van der Waals surface area contributed by atoms with Crippen LogP contribution in [-0.4, -0.2) is 22.1 Å². The van der Waals surface area contributed by atoms with Gasteiger partial charge in [-0.2, -0.15) is 12.6 Å². The van der Waals surface area contributed by atoms with E-state index >= 15 is 0 Å². The van der Waals surface area contributed by atoms with Crippen LogP contribution in [0.4, 0.5) is 0 Å². The summed E-state index contributed by atoms with van der Waals surface area (Å²) in [5, 5.41) is 0. The van der Waals surface area contributed by atoms with Crippen molar-refractivity contribution in [1.82, 2.24) is 0 Å². The molecule has 86 valence electrons. The molecular weight excluding hydrogens is 223 g/mol. The first-order chi connectivity index (χ1) is 6.49. The highest BCUT2D eigenvalue weighted by Gasteiger charge is 2.16. The molecule has 0 aromatic rings. The van der Waals surface area contributed by atoms with Crippen LogP contribution in [0, 0.1) is 5.92 Å². The SMILES string of the molecule is CCC(CCCCS)COP(=O)(O)O. The van der Waals surface area contributed by atoms with E-state index in [-0.39, 0.29) is 12.5 Å². The molecule has 6 heteroatoms. The summed E-state index contributed by atoms with van der Waals surface area (Å²) in [5.74, 6) is 1.10. The van der Waals surface area contributed by atoms with Gasteiger partial charge in [-0.3, -0.25) is 4.52 Å². The summed E-state index contributed by atoms with van der Waals surface area (Å²) in [6, 6.07) is 0. The number of phosphoric acid groups is 1. The van der Waals surface area contributed by atoms with Gasteiger partial charge in [-0.05, 0) is 24.5 Å². The normalized spacial score (nSPS) is 14.3. The van der Waals surface area contributed by atoms with Gasteiger partial charge in [0.05, 0.1) is 6.61 Å². The van der Waals surface area contributed by atoms with Gasteiger partial charge in [0.15, 0.2) is 0 Å². The molecule has 0 fully saturated rings. The third kappa shape index (κ3) is 9.03.